The molecular formula is C24H22N2O4S. The molecule has 3 heterocycles. The van der Waals surface area contributed by atoms with Crippen LogP contribution in [0.1, 0.15) is 34.3 Å². The van der Waals surface area contributed by atoms with Crippen molar-refractivity contribution in [3.05, 3.63) is 69.6 Å². The molecule has 1 aliphatic rings. The molecular weight excluding hydrogens is 412 g/mol. The van der Waals surface area contributed by atoms with E-state index in [1.807, 2.05) is 12.1 Å². The molecule has 1 amide bonds. The fourth-order valence-corrected chi connectivity index (χ4v) is 5.02. The number of amides is 1. The molecule has 0 saturated carbocycles. The van der Waals surface area contributed by atoms with Gasteiger partial charge in [-0.1, -0.05) is 41.7 Å². The van der Waals surface area contributed by atoms with E-state index in [0.717, 1.165) is 21.2 Å². The van der Waals surface area contributed by atoms with E-state index in [2.05, 4.69) is 31.0 Å². The van der Waals surface area contributed by atoms with Crippen LogP contribution in [0.2, 0.25) is 0 Å². The fourth-order valence-electron chi connectivity index (χ4n) is 3.99. The highest BCUT2D eigenvalue weighted by Gasteiger charge is 2.27. The number of ether oxygens (including phenoxy) is 1. The molecule has 158 valence electrons. The van der Waals surface area contributed by atoms with Gasteiger partial charge >= 0.3 is 5.63 Å². The van der Waals surface area contributed by atoms with Gasteiger partial charge in [-0.05, 0) is 37.1 Å². The van der Waals surface area contributed by atoms with Crippen LogP contribution in [0.15, 0.2) is 51.7 Å². The van der Waals surface area contributed by atoms with Crippen LogP contribution in [-0.4, -0.2) is 35.0 Å². The number of aromatic nitrogens is 1. The first-order valence-corrected chi connectivity index (χ1v) is 11.2. The van der Waals surface area contributed by atoms with Gasteiger partial charge in [0, 0.05) is 31.3 Å². The van der Waals surface area contributed by atoms with E-state index < -0.39 is 5.63 Å². The van der Waals surface area contributed by atoms with Gasteiger partial charge in [-0.15, -0.1) is 0 Å². The maximum Gasteiger partial charge on any atom is 0.349 e. The molecule has 2 aromatic carbocycles. The van der Waals surface area contributed by atoms with E-state index in [1.54, 1.807) is 34.4 Å². The van der Waals surface area contributed by atoms with E-state index in [1.165, 1.54) is 5.56 Å². The van der Waals surface area contributed by atoms with Crippen molar-refractivity contribution in [2.24, 2.45) is 0 Å². The van der Waals surface area contributed by atoms with Gasteiger partial charge in [-0.3, -0.25) is 4.79 Å². The predicted octanol–water partition coefficient (Wildman–Crippen LogP) is 4.70. The molecule has 2 aromatic heterocycles. The molecule has 0 radical (unpaired) electrons. The quantitative estimate of drug-likeness (QED) is 0.437. The number of benzene rings is 2. The van der Waals surface area contributed by atoms with Crippen molar-refractivity contribution in [2.45, 2.75) is 32.8 Å². The number of para-hydroxylation sites is 1. The molecule has 0 aliphatic carbocycles. The van der Waals surface area contributed by atoms with Gasteiger partial charge in [0.15, 0.2) is 0 Å². The Labute approximate surface area is 183 Å². The third kappa shape index (κ3) is 3.70. The number of nitrogens with zero attached hydrogens (tertiary/aromatic N) is 2. The Balaban J connectivity index is 1.28. The van der Waals surface area contributed by atoms with Gasteiger partial charge in [0.25, 0.3) is 11.1 Å². The van der Waals surface area contributed by atoms with Gasteiger partial charge < -0.3 is 14.1 Å². The van der Waals surface area contributed by atoms with Gasteiger partial charge in [0.1, 0.15) is 17.3 Å². The number of carbonyl (C=O) groups is 1. The Bertz CT molecular complexity index is 1310. The maximum atomic E-state index is 12.9. The summed E-state index contributed by atoms with van der Waals surface area (Å²) in [7, 11) is 0. The standard InChI is InChI=1S/C24H22N2O4S/c1-14-7-8-15(2)21-20(14)25-24(31-21)29-17-9-11-26(12-10-17)22(27)18-13-16-5-3-4-6-19(16)30-23(18)28/h3-8,13,17H,9-12H2,1-2H3. The van der Waals surface area contributed by atoms with Crippen LogP contribution in [0.5, 0.6) is 5.19 Å². The number of carbonyl (C=O) groups excluding carboxylic acids is 1. The zero-order valence-electron chi connectivity index (χ0n) is 17.4. The Morgan fingerprint density at radius 2 is 1.87 bits per heavy atom. The lowest BCUT2D eigenvalue weighted by Crippen LogP contribution is -2.43. The summed E-state index contributed by atoms with van der Waals surface area (Å²) in [6.07, 6.45) is 1.38. The molecule has 1 saturated heterocycles. The minimum Gasteiger partial charge on any atom is -0.467 e. The summed E-state index contributed by atoms with van der Waals surface area (Å²) in [5.74, 6) is -0.288. The highest BCUT2D eigenvalue weighted by molar-refractivity contribution is 7.20. The van der Waals surface area contributed by atoms with Crippen LogP contribution < -0.4 is 10.4 Å². The number of fused-ring (bicyclic) bond motifs is 2. The summed E-state index contributed by atoms with van der Waals surface area (Å²) in [5.41, 5.74) is 3.30. The van der Waals surface area contributed by atoms with E-state index in [9.17, 15) is 9.59 Å². The van der Waals surface area contributed by atoms with E-state index in [0.29, 0.717) is 36.7 Å². The van der Waals surface area contributed by atoms with Crippen LogP contribution >= 0.6 is 11.3 Å². The molecule has 0 unspecified atom stereocenters. The minimum absolute atomic E-state index is 0.00163. The second-order valence-corrected chi connectivity index (χ2v) is 8.91. The molecule has 6 nitrogen and oxygen atoms in total. The largest absolute Gasteiger partial charge is 0.467 e. The van der Waals surface area contributed by atoms with Crippen LogP contribution in [0.4, 0.5) is 0 Å². The van der Waals surface area contributed by atoms with Gasteiger partial charge in [-0.2, -0.15) is 0 Å². The Hall–Kier alpha value is -3.19. The number of aryl methyl sites for hydroxylation is 2. The topological polar surface area (TPSA) is 72.6 Å². The van der Waals surface area contributed by atoms with Gasteiger partial charge in [0.05, 0.1) is 10.2 Å². The van der Waals surface area contributed by atoms with Gasteiger partial charge in [0.2, 0.25) is 0 Å². The summed E-state index contributed by atoms with van der Waals surface area (Å²) >= 11 is 1.57. The molecule has 4 aromatic rings. The average Bonchev–Trinajstić information content (AvgIpc) is 3.21. The lowest BCUT2D eigenvalue weighted by atomic mass is 10.1. The average molecular weight is 435 g/mol. The van der Waals surface area contributed by atoms with Crippen LogP contribution in [0.3, 0.4) is 0 Å². The first kappa shape index (κ1) is 19.8. The highest BCUT2D eigenvalue weighted by Crippen LogP contribution is 2.33. The van der Waals surface area contributed by atoms with Crippen LogP contribution in [0.25, 0.3) is 21.2 Å². The third-order valence-electron chi connectivity index (χ3n) is 5.79. The highest BCUT2D eigenvalue weighted by atomic mass is 32.1. The van der Waals surface area contributed by atoms with Crippen LogP contribution in [0, 0.1) is 13.8 Å². The smallest absolute Gasteiger partial charge is 0.349 e. The SMILES string of the molecule is Cc1ccc(C)c2sc(OC3CCN(C(=O)c4cc5ccccc5oc4=O)CC3)nc12. The molecule has 1 aliphatic heterocycles. The first-order valence-electron chi connectivity index (χ1n) is 10.3. The lowest BCUT2D eigenvalue weighted by Gasteiger charge is -2.31. The summed E-state index contributed by atoms with van der Waals surface area (Å²) in [6.45, 7) is 5.19. The van der Waals surface area contributed by atoms with Crippen molar-refractivity contribution in [1.29, 1.82) is 0 Å². The third-order valence-corrected chi connectivity index (χ3v) is 6.87. The number of thiazole rings is 1. The monoisotopic (exact) mass is 434 g/mol. The second-order valence-electron chi connectivity index (χ2n) is 7.95. The molecule has 5 rings (SSSR count). The Morgan fingerprint density at radius 3 is 2.65 bits per heavy atom. The van der Waals surface area contributed by atoms with Crippen molar-refractivity contribution in [1.82, 2.24) is 9.88 Å². The Morgan fingerprint density at radius 1 is 1.13 bits per heavy atom. The number of rotatable bonds is 3. The van der Waals surface area contributed by atoms with Crippen molar-refractivity contribution < 1.29 is 13.9 Å². The van der Waals surface area contributed by atoms with E-state index in [-0.39, 0.29) is 17.6 Å². The zero-order valence-corrected chi connectivity index (χ0v) is 18.2. The van der Waals surface area contributed by atoms with Gasteiger partial charge in [-0.25, -0.2) is 9.78 Å². The molecule has 7 heteroatoms. The van der Waals surface area contributed by atoms with Crippen molar-refractivity contribution in [3.63, 3.8) is 0 Å². The number of hydrogen-bond donors (Lipinski definition) is 0. The van der Waals surface area contributed by atoms with E-state index >= 15 is 0 Å². The van der Waals surface area contributed by atoms with Crippen molar-refractivity contribution in [2.75, 3.05) is 13.1 Å². The lowest BCUT2D eigenvalue weighted by molar-refractivity contribution is 0.0592. The van der Waals surface area contributed by atoms with Crippen molar-refractivity contribution in [3.8, 4) is 5.19 Å². The zero-order chi connectivity index (χ0) is 21.5. The predicted molar refractivity (Wildman–Crippen MR) is 121 cm³/mol. The number of hydrogen-bond acceptors (Lipinski definition) is 6. The summed E-state index contributed by atoms with van der Waals surface area (Å²) in [4.78, 5) is 31.6. The van der Waals surface area contributed by atoms with E-state index in [4.69, 9.17) is 9.15 Å². The van der Waals surface area contributed by atoms with Crippen molar-refractivity contribution >= 4 is 38.4 Å². The molecule has 0 bridgehead atoms. The normalized spacial score (nSPS) is 15.0. The van der Waals surface area contributed by atoms with Crippen LogP contribution in [-0.2, 0) is 0 Å². The number of likely N-dealkylation sites (tertiary alicyclic amines) is 1. The molecule has 0 atom stereocenters. The fraction of sp³-hybridized carbons (Fsp3) is 0.292. The first-order chi connectivity index (χ1) is 15.0. The number of piperidine rings is 1. The molecule has 1 fully saturated rings. The minimum atomic E-state index is -0.595. The second kappa shape index (κ2) is 7.81. The Kier molecular flexibility index (Phi) is 4.98. The summed E-state index contributed by atoms with van der Waals surface area (Å²) in [6, 6.07) is 13.0. The molecule has 0 spiro atoms. The molecule has 0 N–H and O–H groups in total. The maximum absolute atomic E-state index is 12.9. The summed E-state index contributed by atoms with van der Waals surface area (Å²) in [5, 5.41) is 1.41. The molecule has 31 heavy (non-hydrogen) atoms. The summed E-state index contributed by atoms with van der Waals surface area (Å²) < 4.78 is 12.6.